The molecule has 110 valence electrons. The van der Waals surface area contributed by atoms with Crippen LogP contribution in [-0.4, -0.2) is 5.97 Å². The van der Waals surface area contributed by atoms with Crippen LogP contribution in [0.4, 0.5) is 0 Å². The topological polar surface area (TPSA) is 56.5 Å². The predicted octanol–water partition coefficient (Wildman–Crippen LogP) is 3.57. The van der Waals surface area contributed by atoms with E-state index in [1.165, 1.54) is 12.1 Å². The zero-order chi connectivity index (χ0) is 15.5. The van der Waals surface area contributed by atoms with Crippen molar-refractivity contribution in [3.63, 3.8) is 0 Å². The molecular weight excluding hydrogens is 280 g/mol. The fraction of sp³-hybridized carbons (Fsp3) is 0.111. The molecule has 1 aromatic heterocycles. The number of carbonyl (C=O) groups excluding carboxylic acids is 1. The van der Waals surface area contributed by atoms with Gasteiger partial charge in [-0.15, -0.1) is 0 Å². The second-order valence-corrected chi connectivity index (χ2v) is 4.86. The molecule has 0 aliphatic rings. The molecule has 0 saturated carbocycles. The Labute approximate surface area is 126 Å². The van der Waals surface area contributed by atoms with E-state index >= 15 is 0 Å². The van der Waals surface area contributed by atoms with Gasteiger partial charge in [0.25, 0.3) is 0 Å². The number of carbonyl (C=O) groups is 1. The number of hydrogen-bond donors (Lipinski definition) is 0. The van der Waals surface area contributed by atoms with Crippen LogP contribution in [0.1, 0.15) is 12.5 Å². The monoisotopic (exact) mass is 294 g/mol. The van der Waals surface area contributed by atoms with E-state index in [1.807, 2.05) is 30.3 Å². The number of benzene rings is 2. The Morgan fingerprint density at radius 1 is 1.23 bits per heavy atom. The maximum atomic E-state index is 11.7. The Balaban J connectivity index is 2.17. The molecule has 4 nitrogen and oxygen atoms in total. The lowest BCUT2D eigenvalue weighted by Gasteiger charge is -2.08. The predicted molar refractivity (Wildman–Crippen MR) is 84.6 cm³/mol. The van der Waals surface area contributed by atoms with Crippen molar-refractivity contribution in [3.8, 4) is 0 Å². The minimum atomic E-state index is -0.458. The number of hydrogen-bond acceptors (Lipinski definition) is 4. The minimum absolute atomic E-state index is 0.0271. The molecule has 0 fully saturated rings. The lowest BCUT2D eigenvalue weighted by molar-refractivity contribution is -0.138. The van der Waals surface area contributed by atoms with E-state index < -0.39 is 11.6 Å². The lowest BCUT2D eigenvalue weighted by atomic mass is 10.0. The molecule has 0 N–H and O–H groups in total. The van der Waals surface area contributed by atoms with Gasteiger partial charge in [-0.05, 0) is 23.8 Å². The van der Waals surface area contributed by atoms with E-state index in [-0.39, 0.29) is 6.61 Å². The van der Waals surface area contributed by atoms with Crippen LogP contribution in [0.5, 0.6) is 0 Å². The van der Waals surface area contributed by atoms with E-state index in [0.717, 1.165) is 16.2 Å². The van der Waals surface area contributed by atoms with Gasteiger partial charge in [0.15, 0.2) is 0 Å². The molecule has 0 radical (unpaired) electrons. The van der Waals surface area contributed by atoms with Gasteiger partial charge in [-0.25, -0.2) is 9.59 Å². The van der Waals surface area contributed by atoms with Gasteiger partial charge in [0, 0.05) is 23.1 Å². The molecule has 0 unspecified atom stereocenters. The first-order valence-corrected chi connectivity index (χ1v) is 6.93. The van der Waals surface area contributed by atoms with Crippen LogP contribution >= 0.6 is 0 Å². The molecule has 0 spiro atoms. The van der Waals surface area contributed by atoms with Crippen LogP contribution < -0.4 is 5.63 Å². The van der Waals surface area contributed by atoms with Crippen LogP contribution in [-0.2, 0) is 16.1 Å². The largest absolute Gasteiger partial charge is 0.458 e. The van der Waals surface area contributed by atoms with Gasteiger partial charge in [0.1, 0.15) is 12.2 Å². The molecular formula is C18H14O4. The maximum absolute atomic E-state index is 11.7. The van der Waals surface area contributed by atoms with Crippen molar-refractivity contribution >= 4 is 27.7 Å². The van der Waals surface area contributed by atoms with Crippen LogP contribution in [0.2, 0.25) is 0 Å². The molecule has 2 aromatic carbocycles. The summed E-state index contributed by atoms with van der Waals surface area (Å²) in [5.41, 5.74) is 0.670. The molecule has 3 aromatic rings. The van der Waals surface area contributed by atoms with E-state index in [0.29, 0.717) is 11.1 Å². The highest BCUT2D eigenvalue weighted by atomic mass is 16.5. The number of esters is 1. The van der Waals surface area contributed by atoms with Crippen molar-refractivity contribution in [2.24, 2.45) is 0 Å². The number of ether oxygens (including phenoxy) is 1. The Kier molecular flexibility index (Phi) is 3.74. The van der Waals surface area contributed by atoms with Crippen molar-refractivity contribution < 1.29 is 13.9 Å². The van der Waals surface area contributed by atoms with E-state index in [9.17, 15) is 9.59 Å². The number of fused-ring (bicyclic) bond motifs is 3. The minimum Gasteiger partial charge on any atom is -0.458 e. The summed E-state index contributed by atoms with van der Waals surface area (Å²) in [6.45, 7) is 1.76. The summed E-state index contributed by atoms with van der Waals surface area (Å²) in [5.74, 6) is -0.441. The van der Waals surface area contributed by atoms with Gasteiger partial charge in [0.2, 0.25) is 0 Å². The average molecular weight is 294 g/mol. The highest BCUT2D eigenvalue weighted by Gasteiger charge is 2.10. The standard InChI is InChI=1S/C18H14O4/c1-2-5-16(19)21-11-13-10-17(20)22-15-9-8-12-6-3-4-7-14(12)18(13)15/h2-10H,11H2,1H3/b5-2+. The van der Waals surface area contributed by atoms with Crippen LogP contribution in [0.3, 0.4) is 0 Å². The van der Waals surface area contributed by atoms with Gasteiger partial charge >= 0.3 is 11.6 Å². The Bertz CT molecular complexity index is 935. The van der Waals surface area contributed by atoms with Crippen molar-refractivity contribution in [1.82, 2.24) is 0 Å². The second kappa shape index (κ2) is 5.85. The molecule has 0 bridgehead atoms. The third kappa shape index (κ3) is 2.63. The quantitative estimate of drug-likeness (QED) is 0.321. The van der Waals surface area contributed by atoms with Crippen LogP contribution in [0.25, 0.3) is 21.7 Å². The first-order chi connectivity index (χ1) is 10.7. The van der Waals surface area contributed by atoms with E-state index in [2.05, 4.69) is 0 Å². The SMILES string of the molecule is C/C=C/C(=O)OCc1cc(=O)oc2ccc3ccccc3c12. The summed E-state index contributed by atoms with van der Waals surface area (Å²) in [6.07, 6.45) is 2.95. The van der Waals surface area contributed by atoms with Gasteiger partial charge in [-0.2, -0.15) is 0 Å². The fourth-order valence-electron chi connectivity index (χ4n) is 2.47. The van der Waals surface area contributed by atoms with E-state index in [1.54, 1.807) is 19.1 Å². The lowest BCUT2D eigenvalue weighted by Crippen LogP contribution is -2.05. The Morgan fingerprint density at radius 3 is 2.86 bits per heavy atom. The molecule has 22 heavy (non-hydrogen) atoms. The average Bonchev–Trinajstić information content (AvgIpc) is 2.52. The van der Waals surface area contributed by atoms with Crippen molar-refractivity contribution in [2.45, 2.75) is 13.5 Å². The van der Waals surface area contributed by atoms with Crippen molar-refractivity contribution in [2.75, 3.05) is 0 Å². The first-order valence-electron chi connectivity index (χ1n) is 6.93. The third-order valence-electron chi connectivity index (χ3n) is 3.39. The third-order valence-corrected chi connectivity index (χ3v) is 3.39. The summed E-state index contributed by atoms with van der Waals surface area (Å²) >= 11 is 0. The van der Waals surface area contributed by atoms with Gasteiger partial charge in [0.05, 0.1) is 0 Å². The molecule has 3 rings (SSSR count). The normalized spacial score (nSPS) is 11.3. The summed E-state index contributed by atoms with van der Waals surface area (Å²) in [7, 11) is 0. The second-order valence-electron chi connectivity index (χ2n) is 4.86. The summed E-state index contributed by atoms with van der Waals surface area (Å²) in [6, 6.07) is 12.8. The van der Waals surface area contributed by atoms with Crippen molar-refractivity contribution in [1.29, 1.82) is 0 Å². The van der Waals surface area contributed by atoms with E-state index in [4.69, 9.17) is 9.15 Å². The molecule has 1 heterocycles. The highest BCUT2D eigenvalue weighted by Crippen LogP contribution is 2.27. The van der Waals surface area contributed by atoms with Gasteiger partial charge in [-0.3, -0.25) is 0 Å². The molecule has 0 atom stereocenters. The molecule has 4 heteroatoms. The highest BCUT2D eigenvalue weighted by molar-refractivity contribution is 6.07. The summed E-state index contributed by atoms with van der Waals surface area (Å²) in [5, 5.41) is 2.79. The van der Waals surface area contributed by atoms with Gasteiger partial charge in [-0.1, -0.05) is 36.4 Å². The zero-order valence-electron chi connectivity index (χ0n) is 12.0. The zero-order valence-corrected chi connectivity index (χ0v) is 12.0. The molecule has 0 aliphatic heterocycles. The molecule has 0 saturated heterocycles. The van der Waals surface area contributed by atoms with Crippen LogP contribution in [0.15, 0.2) is 63.8 Å². The van der Waals surface area contributed by atoms with Crippen LogP contribution in [0, 0.1) is 0 Å². The first kappa shape index (κ1) is 14.1. The maximum Gasteiger partial charge on any atom is 0.336 e. The number of rotatable bonds is 3. The number of allylic oxidation sites excluding steroid dienone is 1. The smallest absolute Gasteiger partial charge is 0.336 e. The Morgan fingerprint density at radius 2 is 2.05 bits per heavy atom. The van der Waals surface area contributed by atoms with Gasteiger partial charge < -0.3 is 9.15 Å². The Hall–Kier alpha value is -2.88. The summed E-state index contributed by atoms with van der Waals surface area (Å²) < 4.78 is 10.4. The summed E-state index contributed by atoms with van der Waals surface area (Å²) in [4.78, 5) is 23.2. The molecule has 0 amide bonds. The van der Waals surface area contributed by atoms with Crippen molar-refractivity contribution in [3.05, 3.63) is 70.6 Å². The molecule has 0 aliphatic carbocycles. The fourth-order valence-corrected chi connectivity index (χ4v) is 2.47.